The SMILES string of the molecule is C=CC(=O)OCC(O)COc1ccc(C(=O)c2ccccc2)cc1. The number of ketones is 1. The van der Waals surface area contributed by atoms with E-state index in [1.165, 1.54) is 0 Å². The molecule has 2 aromatic rings. The van der Waals surface area contributed by atoms with Crippen LogP contribution in [0.25, 0.3) is 0 Å². The number of aliphatic hydroxyl groups is 1. The number of hydrogen-bond donors (Lipinski definition) is 1. The van der Waals surface area contributed by atoms with E-state index >= 15 is 0 Å². The zero-order valence-electron chi connectivity index (χ0n) is 13.1. The van der Waals surface area contributed by atoms with E-state index in [-0.39, 0.29) is 19.0 Å². The first kappa shape index (κ1) is 17.4. The number of ether oxygens (including phenoxy) is 2. The van der Waals surface area contributed by atoms with Crippen molar-refractivity contribution in [3.8, 4) is 5.75 Å². The van der Waals surface area contributed by atoms with Crippen LogP contribution in [0.4, 0.5) is 0 Å². The highest BCUT2D eigenvalue weighted by Crippen LogP contribution is 2.15. The maximum atomic E-state index is 12.3. The first-order chi connectivity index (χ1) is 11.6. The average molecular weight is 326 g/mol. The highest BCUT2D eigenvalue weighted by atomic mass is 16.5. The number of hydrogen-bond acceptors (Lipinski definition) is 5. The zero-order valence-corrected chi connectivity index (χ0v) is 13.1. The van der Waals surface area contributed by atoms with Crippen molar-refractivity contribution in [2.45, 2.75) is 6.10 Å². The summed E-state index contributed by atoms with van der Waals surface area (Å²) in [5, 5.41) is 9.66. The lowest BCUT2D eigenvalue weighted by molar-refractivity contribution is -0.141. The second-order valence-electron chi connectivity index (χ2n) is 5.02. The van der Waals surface area contributed by atoms with Crippen molar-refractivity contribution < 1.29 is 24.2 Å². The van der Waals surface area contributed by atoms with E-state index in [2.05, 4.69) is 6.58 Å². The van der Waals surface area contributed by atoms with Gasteiger partial charge in [0.1, 0.15) is 25.1 Å². The molecule has 0 aliphatic rings. The summed E-state index contributed by atoms with van der Waals surface area (Å²) in [6, 6.07) is 15.6. The van der Waals surface area contributed by atoms with Gasteiger partial charge in [0.2, 0.25) is 0 Å². The van der Waals surface area contributed by atoms with Crippen LogP contribution in [0, 0.1) is 0 Å². The molecule has 0 saturated heterocycles. The fourth-order valence-electron chi connectivity index (χ4n) is 1.94. The van der Waals surface area contributed by atoms with Crippen molar-refractivity contribution >= 4 is 11.8 Å². The molecule has 0 amide bonds. The highest BCUT2D eigenvalue weighted by Gasteiger charge is 2.10. The molecule has 0 heterocycles. The third kappa shape index (κ3) is 5.07. The number of rotatable bonds is 8. The van der Waals surface area contributed by atoms with Crippen LogP contribution in [0.1, 0.15) is 15.9 Å². The van der Waals surface area contributed by atoms with Gasteiger partial charge >= 0.3 is 5.97 Å². The summed E-state index contributed by atoms with van der Waals surface area (Å²) in [6.45, 7) is 3.06. The molecule has 1 atom stereocenters. The minimum absolute atomic E-state index is 0.0313. The van der Waals surface area contributed by atoms with Crippen LogP contribution in [-0.2, 0) is 9.53 Å². The van der Waals surface area contributed by atoms with E-state index < -0.39 is 12.1 Å². The lowest BCUT2D eigenvalue weighted by Crippen LogP contribution is -2.24. The molecule has 1 unspecified atom stereocenters. The van der Waals surface area contributed by atoms with Gasteiger partial charge in [0.05, 0.1) is 0 Å². The molecule has 2 rings (SSSR count). The van der Waals surface area contributed by atoms with Crippen LogP contribution >= 0.6 is 0 Å². The molecule has 0 spiro atoms. The molecule has 124 valence electrons. The molecule has 0 aliphatic heterocycles. The maximum absolute atomic E-state index is 12.3. The fraction of sp³-hybridized carbons (Fsp3) is 0.158. The lowest BCUT2D eigenvalue weighted by Gasteiger charge is -2.12. The Morgan fingerprint density at radius 1 is 1.00 bits per heavy atom. The standard InChI is InChI=1S/C19H18O5/c1-2-18(21)24-13-16(20)12-23-17-10-8-15(9-11-17)19(22)14-6-4-3-5-7-14/h2-11,16,20H,1,12-13H2. The van der Waals surface area contributed by atoms with Gasteiger partial charge < -0.3 is 14.6 Å². The van der Waals surface area contributed by atoms with Gasteiger partial charge in [-0.3, -0.25) is 4.79 Å². The number of esters is 1. The van der Waals surface area contributed by atoms with Crippen LogP contribution in [0.5, 0.6) is 5.75 Å². The van der Waals surface area contributed by atoms with Crippen LogP contribution in [0.2, 0.25) is 0 Å². The van der Waals surface area contributed by atoms with E-state index in [9.17, 15) is 14.7 Å². The molecule has 0 saturated carbocycles. The van der Waals surface area contributed by atoms with Crippen molar-refractivity contribution in [1.82, 2.24) is 0 Å². The normalized spacial score (nSPS) is 11.4. The number of benzene rings is 2. The Balaban J connectivity index is 1.87. The number of aliphatic hydroxyl groups excluding tert-OH is 1. The van der Waals surface area contributed by atoms with Crippen molar-refractivity contribution in [1.29, 1.82) is 0 Å². The summed E-state index contributed by atoms with van der Waals surface area (Å²) in [7, 11) is 0. The van der Waals surface area contributed by atoms with Crippen LogP contribution in [0.15, 0.2) is 67.3 Å². The molecule has 24 heavy (non-hydrogen) atoms. The summed E-state index contributed by atoms with van der Waals surface area (Å²) in [6.07, 6.45) is 0.0790. The van der Waals surface area contributed by atoms with Gasteiger partial charge in [-0.05, 0) is 24.3 Å². The van der Waals surface area contributed by atoms with Gasteiger partial charge in [-0.25, -0.2) is 4.79 Å². The average Bonchev–Trinajstić information content (AvgIpc) is 2.64. The largest absolute Gasteiger partial charge is 0.491 e. The van der Waals surface area contributed by atoms with Crippen molar-refractivity contribution in [2.24, 2.45) is 0 Å². The van der Waals surface area contributed by atoms with Gasteiger partial charge in [-0.15, -0.1) is 0 Å². The molecular formula is C19H18O5. The number of carbonyl (C=O) groups is 2. The van der Waals surface area contributed by atoms with Crippen LogP contribution < -0.4 is 4.74 Å². The molecule has 5 heteroatoms. The Morgan fingerprint density at radius 3 is 2.25 bits per heavy atom. The molecule has 0 fully saturated rings. The molecule has 2 aromatic carbocycles. The van der Waals surface area contributed by atoms with Crippen molar-refractivity contribution in [3.05, 3.63) is 78.4 Å². The minimum Gasteiger partial charge on any atom is -0.491 e. The Labute approximate surface area is 140 Å². The van der Waals surface area contributed by atoms with Gasteiger partial charge in [-0.2, -0.15) is 0 Å². The third-order valence-electron chi connectivity index (χ3n) is 3.18. The van der Waals surface area contributed by atoms with E-state index in [4.69, 9.17) is 9.47 Å². The van der Waals surface area contributed by atoms with E-state index in [1.54, 1.807) is 36.4 Å². The smallest absolute Gasteiger partial charge is 0.330 e. The van der Waals surface area contributed by atoms with Gasteiger partial charge in [0.25, 0.3) is 0 Å². The summed E-state index contributed by atoms with van der Waals surface area (Å²) in [5.41, 5.74) is 1.17. The summed E-state index contributed by atoms with van der Waals surface area (Å²) >= 11 is 0. The van der Waals surface area contributed by atoms with Gasteiger partial charge in [-0.1, -0.05) is 36.9 Å². The summed E-state index contributed by atoms with van der Waals surface area (Å²) in [5.74, 6) is -0.162. The molecule has 0 aliphatic carbocycles. The van der Waals surface area contributed by atoms with Crippen molar-refractivity contribution in [3.63, 3.8) is 0 Å². The zero-order chi connectivity index (χ0) is 17.4. The molecule has 0 radical (unpaired) electrons. The predicted octanol–water partition coefficient (Wildman–Crippen LogP) is 2.39. The van der Waals surface area contributed by atoms with Crippen LogP contribution in [-0.4, -0.2) is 36.2 Å². The first-order valence-corrected chi connectivity index (χ1v) is 7.40. The molecule has 5 nitrogen and oxygen atoms in total. The number of carbonyl (C=O) groups excluding carboxylic acids is 2. The van der Waals surface area contributed by atoms with E-state index in [0.29, 0.717) is 16.9 Å². The van der Waals surface area contributed by atoms with Crippen LogP contribution in [0.3, 0.4) is 0 Å². The van der Waals surface area contributed by atoms with Crippen molar-refractivity contribution in [2.75, 3.05) is 13.2 Å². The van der Waals surface area contributed by atoms with E-state index in [0.717, 1.165) is 6.08 Å². The maximum Gasteiger partial charge on any atom is 0.330 e. The summed E-state index contributed by atoms with van der Waals surface area (Å²) < 4.78 is 10.1. The van der Waals surface area contributed by atoms with E-state index in [1.807, 2.05) is 18.2 Å². The van der Waals surface area contributed by atoms with Gasteiger partial charge in [0, 0.05) is 17.2 Å². The topological polar surface area (TPSA) is 72.8 Å². The molecule has 0 bridgehead atoms. The fourth-order valence-corrected chi connectivity index (χ4v) is 1.94. The Kier molecular flexibility index (Phi) is 6.28. The first-order valence-electron chi connectivity index (χ1n) is 7.40. The summed E-state index contributed by atoms with van der Waals surface area (Å²) in [4.78, 5) is 23.1. The Bertz CT molecular complexity index is 691. The minimum atomic E-state index is -0.945. The molecule has 1 N–H and O–H groups in total. The van der Waals surface area contributed by atoms with Gasteiger partial charge in [0.15, 0.2) is 5.78 Å². The molecular weight excluding hydrogens is 308 g/mol. The third-order valence-corrected chi connectivity index (χ3v) is 3.18. The quantitative estimate of drug-likeness (QED) is 0.458. The predicted molar refractivity (Wildman–Crippen MR) is 89.0 cm³/mol. The Morgan fingerprint density at radius 2 is 1.62 bits per heavy atom. The highest BCUT2D eigenvalue weighted by molar-refractivity contribution is 6.08. The Hall–Kier alpha value is -2.92. The second-order valence-corrected chi connectivity index (χ2v) is 5.02. The lowest BCUT2D eigenvalue weighted by atomic mass is 10.0. The monoisotopic (exact) mass is 326 g/mol. The molecule has 0 aromatic heterocycles. The second kappa shape index (κ2) is 8.64.